The molecule has 18 heavy (non-hydrogen) atoms. The van der Waals surface area contributed by atoms with Crippen molar-refractivity contribution in [2.45, 2.75) is 47.5 Å². The Balaban J connectivity index is 4.60. The van der Waals surface area contributed by atoms with Gasteiger partial charge in [0, 0.05) is 0 Å². The largest absolute Gasteiger partial charge is 0.466 e. The van der Waals surface area contributed by atoms with Gasteiger partial charge in [-0.25, -0.2) is 0 Å². The molecule has 0 rings (SSSR count). The Morgan fingerprint density at radius 1 is 1.00 bits per heavy atom. The van der Waals surface area contributed by atoms with E-state index in [1.54, 1.807) is 13.8 Å². The molecule has 0 spiro atoms. The number of ether oxygens (including phenoxy) is 2. The predicted octanol–water partition coefficient (Wildman–Crippen LogP) is 2.80. The van der Waals surface area contributed by atoms with Crippen molar-refractivity contribution in [2.24, 2.45) is 17.8 Å². The molecule has 2 unspecified atom stereocenters. The topological polar surface area (TPSA) is 52.6 Å². The molecule has 0 heterocycles. The molecule has 0 saturated carbocycles. The summed E-state index contributed by atoms with van der Waals surface area (Å²) in [6, 6.07) is 0. The summed E-state index contributed by atoms with van der Waals surface area (Å²) in [7, 11) is 0. The normalized spacial score (nSPS) is 14.1. The minimum absolute atomic E-state index is 0.112. The van der Waals surface area contributed by atoms with Crippen LogP contribution in [0, 0.1) is 17.8 Å². The Kier molecular flexibility index (Phi) is 8.42. The molecule has 0 aromatic carbocycles. The van der Waals surface area contributed by atoms with Crippen LogP contribution in [-0.2, 0) is 19.1 Å². The molecule has 0 fully saturated rings. The van der Waals surface area contributed by atoms with Crippen LogP contribution >= 0.6 is 0 Å². The lowest BCUT2D eigenvalue weighted by molar-refractivity contribution is -0.156. The standard InChI is InChI=1S/C14H26O4/c1-6-17-13(15)9-12(14(16)18-7-2)11(5)8-10(3)4/h10-12H,6-9H2,1-5H3. The number of hydrogen-bond acceptors (Lipinski definition) is 4. The van der Waals surface area contributed by atoms with Crippen molar-refractivity contribution in [3.05, 3.63) is 0 Å². The van der Waals surface area contributed by atoms with E-state index in [1.165, 1.54) is 0 Å². The second kappa shape index (κ2) is 8.95. The Bertz CT molecular complexity index is 261. The molecule has 0 amide bonds. The molecule has 0 aliphatic rings. The van der Waals surface area contributed by atoms with Crippen LogP contribution in [0.15, 0.2) is 0 Å². The molecular weight excluding hydrogens is 232 g/mol. The van der Waals surface area contributed by atoms with E-state index >= 15 is 0 Å². The number of carbonyl (C=O) groups excluding carboxylic acids is 2. The van der Waals surface area contributed by atoms with E-state index in [2.05, 4.69) is 13.8 Å². The summed E-state index contributed by atoms with van der Waals surface area (Å²) in [6.45, 7) is 10.4. The average Bonchev–Trinajstić information content (AvgIpc) is 2.25. The summed E-state index contributed by atoms with van der Waals surface area (Å²) in [5, 5.41) is 0. The number of esters is 2. The molecule has 106 valence electrons. The predicted molar refractivity (Wildman–Crippen MR) is 70.0 cm³/mol. The molecule has 0 aliphatic carbocycles. The third-order valence-corrected chi connectivity index (χ3v) is 2.81. The summed E-state index contributed by atoms with van der Waals surface area (Å²) in [4.78, 5) is 23.4. The fraction of sp³-hybridized carbons (Fsp3) is 0.857. The maximum atomic E-state index is 11.9. The Labute approximate surface area is 110 Å². The van der Waals surface area contributed by atoms with Gasteiger partial charge in [0.1, 0.15) is 0 Å². The van der Waals surface area contributed by atoms with Gasteiger partial charge in [0.2, 0.25) is 0 Å². The number of carbonyl (C=O) groups is 2. The summed E-state index contributed by atoms with van der Waals surface area (Å²) >= 11 is 0. The molecule has 0 aromatic heterocycles. The van der Waals surface area contributed by atoms with E-state index in [0.29, 0.717) is 19.1 Å². The zero-order chi connectivity index (χ0) is 14.1. The molecule has 4 nitrogen and oxygen atoms in total. The van der Waals surface area contributed by atoms with Crippen LogP contribution in [-0.4, -0.2) is 25.2 Å². The SMILES string of the molecule is CCOC(=O)CC(C(=O)OCC)C(C)CC(C)C. The quantitative estimate of drug-likeness (QED) is 0.628. The van der Waals surface area contributed by atoms with Gasteiger partial charge in [-0.15, -0.1) is 0 Å². The van der Waals surface area contributed by atoms with Crippen LogP contribution in [0.5, 0.6) is 0 Å². The number of rotatable bonds is 8. The minimum Gasteiger partial charge on any atom is -0.466 e. The van der Waals surface area contributed by atoms with Gasteiger partial charge in [-0.05, 0) is 32.1 Å². The molecule has 0 bridgehead atoms. The monoisotopic (exact) mass is 258 g/mol. The van der Waals surface area contributed by atoms with Crippen molar-refractivity contribution < 1.29 is 19.1 Å². The van der Waals surface area contributed by atoms with Crippen LogP contribution in [0.1, 0.15) is 47.5 Å². The molecule has 0 aliphatic heterocycles. The summed E-state index contributed by atoms with van der Waals surface area (Å²) in [5.74, 6) is -0.413. The van der Waals surface area contributed by atoms with Gasteiger partial charge in [0.25, 0.3) is 0 Å². The van der Waals surface area contributed by atoms with Crippen LogP contribution in [0.2, 0.25) is 0 Å². The lowest BCUT2D eigenvalue weighted by atomic mass is 9.85. The highest BCUT2D eigenvalue weighted by molar-refractivity contribution is 5.80. The van der Waals surface area contributed by atoms with Crippen LogP contribution in [0.4, 0.5) is 0 Å². The second-order valence-corrected chi connectivity index (χ2v) is 4.97. The summed E-state index contributed by atoms with van der Waals surface area (Å²) < 4.78 is 9.95. The minimum atomic E-state index is -0.397. The van der Waals surface area contributed by atoms with Crippen LogP contribution in [0.25, 0.3) is 0 Å². The van der Waals surface area contributed by atoms with Gasteiger partial charge >= 0.3 is 11.9 Å². The molecule has 2 atom stereocenters. The van der Waals surface area contributed by atoms with Crippen molar-refractivity contribution in [2.75, 3.05) is 13.2 Å². The van der Waals surface area contributed by atoms with E-state index in [0.717, 1.165) is 6.42 Å². The van der Waals surface area contributed by atoms with Crippen molar-refractivity contribution in [3.8, 4) is 0 Å². The third-order valence-electron chi connectivity index (χ3n) is 2.81. The molecule has 0 saturated heterocycles. The van der Waals surface area contributed by atoms with Crippen molar-refractivity contribution >= 4 is 11.9 Å². The van der Waals surface area contributed by atoms with E-state index < -0.39 is 5.92 Å². The number of hydrogen-bond donors (Lipinski definition) is 0. The maximum Gasteiger partial charge on any atom is 0.309 e. The lowest BCUT2D eigenvalue weighted by Gasteiger charge is -2.23. The van der Waals surface area contributed by atoms with Crippen molar-refractivity contribution in [1.82, 2.24) is 0 Å². The molecule has 4 heteroatoms. The van der Waals surface area contributed by atoms with E-state index in [4.69, 9.17) is 9.47 Å². The summed E-state index contributed by atoms with van der Waals surface area (Å²) in [6.07, 6.45) is 1.00. The highest BCUT2D eigenvalue weighted by Crippen LogP contribution is 2.24. The van der Waals surface area contributed by atoms with E-state index in [-0.39, 0.29) is 24.3 Å². The Hall–Kier alpha value is -1.06. The first kappa shape index (κ1) is 16.9. The van der Waals surface area contributed by atoms with Crippen LogP contribution < -0.4 is 0 Å². The van der Waals surface area contributed by atoms with Gasteiger partial charge in [-0.3, -0.25) is 9.59 Å². The average molecular weight is 258 g/mol. The first-order valence-corrected chi connectivity index (χ1v) is 6.74. The highest BCUT2D eigenvalue weighted by Gasteiger charge is 2.29. The maximum absolute atomic E-state index is 11.9. The zero-order valence-corrected chi connectivity index (χ0v) is 12.2. The first-order chi connectivity index (χ1) is 8.42. The fourth-order valence-electron chi connectivity index (χ4n) is 2.07. The van der Waals surface area contributed by atoms with Gasteiger partial charge < -0.3 is 9.47 Å². The van der Waals surface area contributed by atoms with E-state index in [1.807, 2.05) is 6.92 Å². The zero-order valence-electron chi connectivity index (χ0n) is 12.2. The molecule has 0 aromatic rings. The van der Waals surface area contributed by atoms with Crippen LogP contribution in [0.3, 0.4) is 0 Å². The Morgan fingerprint density at radius 2 is 1.56 bits per heavy atom. The smallest absolute Gasteiger partial charge is 0.309 e. The van der Waals surface area contributed by atoms with Gasteiger partial charge in [-0.1, -0.05) is 20.8 Å². The van der Waals surface area contributed by atoms with E-state index in [9.17, 15) is 9.59 Å². The van der Waals surface area contributed by atoms with Gasteiger partial charge in [-0.2, -0.15) is 0 Å². The molecular formula is C14H26O4. The third kappa shape index (κ3) is 6.62. The van der Waals surface area contributed by atoms with Gasteiger partial charge in [0.15, 0.2) is 0 Å². The first-order valence-electron chi connectivity index (χ1n) is 6.74. The molecule has 0 N–H and O–H groups in total. The van der Waals surface area contributed by atoms with Crippen molar-refractivity contribution in [1.29, 1.82) is 0 Å². The second-order valence-electron chi connectivity index (χ2n) is 4.97. The fourth-order valence-corrected chi connectivity index (χ4v) is 2.07. The molecule has 0 radical (unpaired) electrons. The van der Waals surface area contributed by atoms with Crippen molar-refractivity contribution in [3.63, 3.8) is 0 Å². The Morgan fingerprint density at radius 3 is 2.00 bits per heavy atom. The highest BCUT2D eigenvalue weighted by atomic mass is 16.5. The lowest BCUT2D eigenvalue weighted by Crippen LogP contribution is -2.28. The van der Waals surface area contributed by atoms with Gasteiger partial charge in [0.05, 0.1) is 25.6 Å². The summed E-state index contributed by atoms with van der Waals surface area (Å²) in [5.41, 5.74) is 0.